The average molecular weight is 366 g/mol. The first-order valence-electron chi connectivity index (χ1n) is 5.75. The molecule has 0 fully saturated rings. The Bertz CT molecular complexity index is 454. The van der Waals surface area contributed by atoms with Crippen molar-refractivity contribution >= 4 is 28.3 Å². The van der Waals surface area contributed by atoms with Crippen LogP contribution in [0.3, 0.4) is 0 Å². The lowest BCUT2D eigenvalue weighted by Crippen LogP contribution is -2.31. The molecule has 0 bridgehead atoms. The van der Waals surface area contributed by atoms with E-state index in [-0.39, 0.29) is 21.2 Å². The van der Waals surface area contributed by atoms with Crippen LogP contribution in [-0.4, -0.2) is 17.5 Å². The molecule has 0 saturated carbocycles. The van der Waals surface area contributed by atoms with Crippen LogP contribution in [0.5, 0.6) is 0 Å². The fraction of sp³-hybridized carbons (Fsp3) is 0.500. The fourth-order valence-electron chi connectivity index (χ4n) is 1.84. The highest BCUT2D eigenvalue weighted by atomic mass is 127. The maximum absolute atomic E-state index is 13.6. The molecule has 0 aliphatic carbocycles. The number of benzene rings is 1. The molecule has 4 nitrogen and oxygen atoms in total. The predicted octanol–water partition coefficient (Wildman–Crippen LogP) is 3.44. The third-order valence-corrected chi connectivity index (χ3v) is 3.86. The number of nitro benzene ring substituents is 1. The first-order chi connectivity index (χ1) is 8.38. The van der Waals surface area contributed by atoms with Crippen LogP contribution >= 0.6 is 22.6 Å². The second kappa shape index (κ2) is 6.42. The molecule has 1 rings (SSSR count). The Kier molecular flexibility index (Phi) is 5.46. The van der Waals surface area contributed by atoms with E-state index >= 15 is 0 Å². The van der Waals surface area contributed by atoms with Crippen molar-refractivity contribution in [1.82, 2.24) is 5.32 Å². The van der Waals surface area contributed by atoms with Gasteiger partial charge in [-0.05, 0) is 42.1 Å². The van der Waals surface area contributed by atoms with Gasteiger partial charge in [0.2, 0.25) is 0 Å². The van der Waals surface area contributed by atoms with E-state index in [1.54, 1.807) is 22.6 Å². The van der Waals surface area contributed by atoms with Crippen LogP contribution < -0.4 is 5.32 Å². The van der Waals surface area contributed by atoms with E-state index in [9.17, 15) is 14.5 Å². The van der Waals surface area contributed by atoms with Gasteiger partial charge in [-0.3, -0.25) is 10.1 Å². The Morgan fingerprint density at radius 2 is 2.11 bits per heavy atom. The number of hydrogen-bond acceptors (Lipinski definition) is 3. The molecule has 18 heavy (non-hydrogen) atoms. The van der Waals surface area contributed by atoms with Gasteiger partial charge in [0.25, 0.3) is 5.69 Å². The van der Waals surface area contributed by atoms with E-state index in [4.69, 9.17) is 0 Å². The van der Waals surface area contributed by atoms with Gasteiger partial charge in [0.05, 0.1) is 8.49 Å². The second-order valence-corrected chi connectivity index (χ2v) is 5.38. The SMILES string of the molecule is CCNC(C)C(C)c1cc(F)c(I)cc1[N+](=O)[O-]. The summed E-state index contributed by atoms with van der Waals surface area (Å²) in [4.78, 5) is 10.6. The summed E-state index contributed by atoms with van der Waals surface area (Å²) in [5.41, 5.74) is 0.421. The van der Waals surface area contributed by atoms with Gasteiger partial charge in [0.15, 0.2) is 0 Å². The topological polar surface area (TPSA) is 55.2 Å². The second-order valence-electron chi connectivity index (χ2n) is 4.22. The summed E-state index contributed by atoms with van der Waals surface area (Å²) in [6, 6.07) is 2.62. The van der Waals surface area contributed by atoms with E-state index in [1.165, 1.54) is 12.1 Å². The van der Waals surface area contributed by atoms with Gasteiger partial charge in [0, 0.05) is 23.6 Å². The molecular formula is C12H16FIN2O2. The summed E-state index contributed by atoms with van der Waals surface area (Å²) in [5.74, 6) is -0.538. The van der Waals surface area contributed by atoms with Crippen molar-refractivity contribution in [3.05, 3.63) is 37.2 Å². The van der Waals surface area contributed by atoms with Gasteiger partial charge in [-0.15, -0.1) is 0 Å². The van der Waals surface area contributed by atoms with E-state index in [0.29, 0.717) is 5.56 Å². The van der Waals surface area contributed by atoms with E-state index < -0.39 is 10.7 Å². The minimum Gasteiger partial charge on any atom is -0.314 e. The highest BCUT2D eigenvalue weighted by Crippen LogP contribution is 2.31. The lowest BCUT2D eigenvalue weighted by molar-refractivity contribution is -0.385. The van der Waals surface area contributed by atoms with Crippen LogP contribution in [0, 0.1) is 19.5 Å². The molecule has 1 aromatic carbocycles. The van der Waals surface area contributed by atoms with E-state index in [2.05, 4.69) is 5.32 Å². The molecule has 0 aliphatic heterocycles. The normalized spacial score (nSPS) is 14.3. The highest BCUT2D eigenvalue weighted by molar-refractivity contribution is 14.1. The van der Waals surface area contributed by atoms with Crippen molar-refractivity contribution in [2.75, 3.05) is 6.54 Å². The van der Waals surface area contributed by atoms with Crippen molar-refractivity contribution in [3.63, 3.8) is 0 Å². The molecule has 2 atom stereocenters. The third-order valence-electron chi connectivity index (χ3n) is 3.03. The third kappa shape index (κ3) is 3.38. The lowest BCUT2D eigenvalue weighted by atomic mass is 9.93. The van der Waals surface area contributed by atoms with Gasteiger partial charge in [-0.1, -0.05) is 13.8 Å². The number of hydrogen-bond donors (Lipinski definition) is 1. The zero-order chi connectivity index (χ0) is 13.9. The number of rotatable bonds is 5. The smallest absolute Gasteiger partial charge is 0.274 e. The van der Waals surface area contributed by atoms with Crippen LogP contribution in [0.4, 0.5) is 10.1 Å². The predicted molar refractivity (Wildman–Crippen MR) is 77.3 cm³/mol. The Morgan fingerprint density at radius 3 is 2.61 bits per heavy atom. The number of nitrogens with one attached hydrogen (secondary N) is 1. The van der Waals surface area contributed by atoms with E-state index in [1.807, 2.05) is 20.8 Å². The molecule has 6 heteroatoms. The number of nitro groups is 1. The minimum absolute atomic E-state index is 0.0157. The van der Waals surface area contributed by atoms with Crippen LogP contribution in [0.2, 0.25) is 0 Å². The molecule has 1 N–H and O–H groups in total. The Morgan fingerprint density at radius 1 is 1.50 bits per heavy atom. The van der Waals surface area contributed by atoms with E-state index in [0.717, 1.165) is 6.54 Å². The summed E-state index contributed by atoms with van der Waals surface area (Å²) in [7, 11) is 0. The molecule has 0 amide bonds. The van der Waals surface area contributed by atoms with Crippen LogP contribution in [-0.2, 0) is 0 Å². The largest absolute Gasteiger partial charge is 0.314 e. The Hall–Kier alpha value is -0.760. The molecule has 0 radical (unpaired) electrons. The Balaban J connectivity index is 3.21. The molecule has 0 saturated heterocycles. The standard InChI is InChI=1S/C12H16FIN2O2/c1-4-15-8(3)7(2)9-5-10(13)11(14)6-12(9)16(17)18/h5-8,15H,4H2,1-3H3. The quantitative estimate of drug-likeness (QED) is 0.494. The summed E-state index contributed by atoms with van der Waals surface area (Å²) in [6.07, 6.45) is 0. The maximum atomic E-state index is 13.6. The first kappa shape index (κ1) is 15.3. The van der Waals surface area contributed by atoms with Crippen molar-refractivity contribution in [3.8, 4) is 0 Å². The zero-order valence-corrected chi connectivity index (χ0v) is 12.7. The summed E-state index contributed by atoms with van der Waals surface area (Å²) >= 11 is 1.76. The molecule has 2 unspecified atom stereocenters. The van der Waals surface area contributed by atoms with Crippen LogP contribution in [0.1, 0.15) is 32.3 Å². The summed E-state index contributed by atoms with van der Waals surface area (Å²) in [5, 5.41) is 14.2. The van der Waals surface area contributed by atoms with Gasteiger partial charge in [-0.2, -0.15) is 0 Å². The number of halogens is 2. The molecule has 0 spiro atoms. The Labute approximate surface area is 119 Å². The van der Waals surface area contributed by atoms with Gasteiger partial charge >= 0.3 is 0 Å². The van der Waals surface area contributed by atoms with Crippen molar-refractivity contribution in [1.29, 1.82) is 0 Å². The average Bonchev–Trinajstić information content (AvgIpc) is 2.31. The molecule has 0 aromatic heterocycles. The summed E-state index contributed by atoms with van der Waals surface area (Å²) < 4.78 is 13.9. The van der Waals surface area contributed by atoms with Crippen LogP contribution in [0.25, 0.3) is 0 Å². The van der Waals surface area contributed by atoms with Crippen LogP contribution in [0.15, 0.2) is 12.1 Å². The number of nitrogens with zero attached hydrogens (tertiary/aromatic N) is 1. The maximum Gasteiger partial charge on any atom is 0.274 e. The monoisotopic (exact) mass is 366 g/mol. The zero-order valence-electron chi connectivity index (χ0n) is 10.5. The highest BCUT2D eigenvalue weighted by Gasteiger charge is 2.24. The van der Waals surface area contributed by atoms with Gasteiger partial charge < -0.3 is 5.32 Å². The van der Waals surface area contributed by atoms with Gasteiger partial charge in [-0.25, -0.2) is 4.39 Å². The van der Waals surface area contributed by atoms with Crippen molar-refractivity contribution < 1.29 is 9.31 Å². The first-order valence-corrected chi connectivity index (χ1v) is 6.83. The molecule has 100 valence electrons. The fourth-order valence-corrected chi connectivity index (χ4v) is 2.29. The van der Waals surface area contributed by atoms with Crippen molar-refractivity contribution in [2.24, 2.45) is 0 Å². The lowest BCUT2D eigenvalue weighted by Gasteiger charge is -2.21. The molecular weight excluding hydrogens is 350 g/mol. The van der Waals surface area contributed by atoms with Crippen molar-refractivity contribution in [2.45, 2.75) is 32.7 Å². The summed E-state index contributed by atoms with van der Waals surface area (Å²) in [6.45, 7) is 6.54. The van der Waals surface area contributed by atoms with Gasteiger partial charge in [0.1, 0.15) is 5.82 Å². The number of likely N-dealkylation sites (N-methyl/N-ethyl adjacent to an activating group) is 1. The molecule has 0 aliphatic rings. The molecule has 0 heterocycles. The minimum atomic E-state index is -0.452. The molecule has 1 aromatic rings.